The Hall–Kier alpha value is -8.09. The van der Waals surface area contributed by atoms with Crippen LogP contribution in [-0.2, 0) is 0 Å². The summed E-state index contributed by atoms with van der Waals surface area (Å²) in [5.74, 6) is 2.15. The minimum absolute atomic E-state index is 0.502. The van der Waals surface area contributed by atoms with Gasteiger partial charge in [0.15, 0.2) is 11.6 Å². The first-order valence-corrected chi connectivity index (χ1v) is 21.2. The Morgan fingerprint density at radius 2 is 1.10 bits per heavy atom. The molecule has 1 unspecified atom stereocenters. The summed E-state index contributed by atoms with van der Waals surface area (Å²) in [5.41, 5.74) is 10.9. The van der Waals surface area contributed by atoms with Gasteiger partial charge in [-0.3, -0.25) is 4.57 Å². The van der Waals surface area contributed by atoms with E-state index >= 15 is 0 Å². The Labute approximate surface area is 356 Å². The third-order valence-corrected chi connectivity index (χ3v) is 12.7. The number of hydrogen-bond acceptors (Lipinski definition) is 4. The van der Waals surface area contributed by atoms with Crippen LogP contribution in [-0.4, -0.2) is 24.1 Å². The van der Waals surface area contributed by atoms with E-state index in [-0.39, 0.29) is 0 Å². The topological polar surface area (TPSA) is 61.7 Å². The molecule has 6 heteroatoms. The Kier molecular flexibility index (Phi) is 7.54. The summed E-state index contributed by atoms with van der Waals surface area (Å²) in [6.07, 6.45) is 7.90. The van der Waals surface area contributed by atoms with E-state index in [2.05, 4.69) is 192 Å². The summed E-state index contributed by atoms with van der Waals surface area (Å²) in [6.45, 7) is 2.26. The van der Waals surface area contributed by atoms with E-state index in [0.29, 0.717) is 23.5 Å². The van der Waals surface area contributed by atoms with Gasteiger partial charge in [0.1, 0.15) is 11.2 Å². The highest BCUT2D eigenvalue weighted by Crippen LogP contribution is 2.42. The zero-order valence-electron chi connectivity index (χ0n) is 33.8. The molecule has 6 nitrogen and oxygen atoms in total. The Balaban J connectivity index is 1.11. The van der Waals surface area contributed by atoms with Crippen molar-refractivity contribution in [3.05, 3.63) is 194 Å². The van der Waals surface area contributed by atoms with Crippen molar-refractivity contribution < 1.29 is 4.42 Å². The van der Waals surface area contributed by atoms with Crippen molar-refractivity contribution in [2.45, 2.75) is 13.3 Å². The predicted molar refractivity (Wildman–Crippen MR) is 255 cm³/mol. The first kappa shape index (κ1) is 34.7. The average Bonchev–Trinajstić information content (AvgIpc) is 3.98. The van der Waals surface area contributed by atoms with Crippen molar-refractivity contribution in [2.24, 2.45) is 5.92 Å². The number of nitrogens with zero attached hydrogens (tertiary/aromatic N) is 5. The molecule has 292 valence electrons. The maximum Gasteiger partial charge on any atom is 0.238 e. The lowest BCUT2D eigenvalue weighted by atomic mass is 9.93. The molecule has 4 heterocycles. The molecule has 4 aromatic heterocycles. The lowest BCUT2D eigenvalue weighted by Gasteiger charge is -2.14. The van der Waals surface area contributed by atoms with E-state index in [4.69, 9.17) is 19.4 Å². The quantitative estimate of drug-likeness (QED) is 0.174. The molecule has 1 aliphatic rings. The van der Waals surface area contributed by atoms with Crippen molar-refractivity contribution in [1.29, 1.82) is 0 Å². The number of furan rings is 1. The van der Waals surface area contributed by atoms with Gasteiger partial charge in [-0.1, -0.05) is 146 Å². The number of para-hydroxylation sites is 4. The van der Waals surface area contributed by atoms with Crippen LogP contribution >= 0.6 is 0 Å². The summed E-state index contributed by atoms with van der Waals surface area (Å²) in [6, 6.07) is 60.2. The van der Waals surface area contributed by atoms with Crippen molar-refractivity contribution in [3.8, 4) is 34.4 Å². The molecule has 1 aliphatic carbocycles. The number of hydrogen-bond donors (Lipinski definition) is 0. The third kappa shape index (κ3) is 5.33. The second-order valence-corrected chi connectivity index (χ2v) is 16.5. The van der Waals surface area contributed by atoms with Crippen LogP contribution in [0.1, 0.15) is 18.9 Å². The van der Waals surface area contributed by atoms with Gasteiger partial charge in [-0.05, 0) is 82.8 Å². The van der Waals surface area contributed by atoms with Gasteiger partial charge in [0.25, 0.3) is 0 Å². The van der Waals surface area contributed by atoms with E-state index < -0.39 is 0 Å². The molecule has 0 aliphatic heterocycles. The third-order valence-electron chi connectivity index (χ3n) is 12.7. The van der Waals surface area contributed by atoms with Gasteiger partial charge in [0, 0.05) is 43.6 Å². The van der Waals surface area contributed by atoms with E-state index in [0.717, 1.165) is 78.0 Å². The number of allylic oxidation sites excluding steroid dienone is 4. The normalized spacial score (nSPS) is 14.3. The summed E-state index contributed by atoms with van der Waals surface area (Å²) in [5, 5.41) is 9.10. The highest BCUT2D eigenvalue weighted by molar-refractivity contribution is 6.15. The molecule has 0 fully saturated rings. The molecule has 0 spiro atoms. The Bertz CT molecular complexity index is 3810. The van der Waals surface area contributed by atoms with Crippen LogP contribution in [0, 0.1) is 5.92 Å². The highest BCUT2D eigenvalue weighted by Gasteiger charge is 2.23. The van der Waals surface area contributed by atoms with E-state index in [1.54, 1.807) is 0 Å². The first-order chi connectivity index (χ1) is 30.6. The van der Waals surface area contributed by atoms with Gasteiger partial charge in [-0.2, -0.15) is 9.97 Å². The summed E-state index contributed by atoms with van der Waals surface area (Å²) in [4.78, 5) is 16.1. The average molecular weight is 796 g/mol. The van der Waals surface area contributed by atoms with Crippen LogP contribution in [0.5, 0.6) is 0 Å². The van der Waals surface area contributed by atoms with E-state index in [1.807, 2.05) is 12.1 Å². The fourth-order valence-corrected chi connectivity index (χ4v) is 9.74. The fraction of sp³-hybridized carbons (Fsp3) is 0.0536. The summed E-state index contributed by atoms with van der Waals surface area (Å²) >= 11 is 0. The van der Waals surface area contributed by atoms with E-state index in [9.17, 15) is 0 Å². The van der Waals surface area contributed by atoms with Gasteiger partial charge >= 0.3 is 0 Å². The number of fused-ring (bicyclic) bond motifs is 10. The van der Waals surface area contributed by atoms with Gasteiger partial charge in [0.05, 0.1) is 27.6 Å². The molecule has 0 saturated heterocycles. The van der Waals surface area contributed by atoms with Gasteiger partial charge in [-0.15, -0.1) is 0 Å². The Morgan fingerprint density at radius 3 is 1.82 bits per heavy atom. The van der Waals surface area contributed by atoms with Crippen molar-refractivity contribution in [2.75, 3.05) is 0 Å². The monoisotopic (exact) mass is 795 g/mol. The van der Waals surface area contributed by atoms with E-state index in [1.165, 1.54) is 32.7 Å². The maximum atomic E-state index is 6.82. The molecule has 0 N–H and O–H groups in total. The van der Waals surface area contributed by atoms with Gasteiger partial charge < -0.3 is 8.98 Å². The van der Waals surface area contributed by atoms with Crippen molar-refractivity contribution in [3.63, 3.8) is 0 Å². The molecule has 0 bridgehead atoms. The van der Waals surface area contributed by atoms with Crippen LogP contribution in [0.3, 0.4) is 0 Å². The molecule has 13 rings (SSSR count). The van der Waals surface area contributed by atoms with Crippen LogP contribution in [0.25, 0.3) is 116 Å². The maximum absolute atomic E-state index is 6.82. The number of benzene rings is 8. The fourth-order valence-electron chi connectivity index (χ4n) is 9.74. The minimum Gasteiger partial charge on any atom is -0.455 e. The number of aromatic nitrogens is 5. The molecule has 0 radical (unpaired) electrons. The van der Waals surface area contributed by atoms with Gasteiger partial charge in [0.2, 0.25) is 5.95 Å². The molecular weight excluding hydrogens is 759 g/mol. The SMILES string of the molecule is CC1C=C(c2ccc(-c3nc(-c4cc(-n5c6ccccc6c6cc7ccccc7cc65)cc5c4oc4ccccc45)nc(-n4c5ccccc5c5ccccc54)n3)cc2)C=CC1. The van der Waals surface area contributed by atoms with Crippen LogP contribution in [0.2, 0.25) is 0 Å². The lowest BCUT2D eigenvalue weighted by Crippen LogP contribution is -2.07. The zero-order chi connectivity index (χ0) is 40.9. The molecule has 1 atom stereocenters. The molecule has 62 heavy (non-hydrogen) atoms. The highest BCUT2D eigenvalue weighted by atomic mass is 16.3. The molecule has 0 amide bonds. The second kappa shape index (κ2) is 13.5. The van der Waals surface area contributed by atoms with Crippen molar-refractivity contribution >= 4 is 81.9 Å². The minimum atomic E-state index is 0.502. The molecule has 0 saturated carbocycles. The lowest BCUT2D eigenvalue weighted by molar-refractivity contribution is 0.669. The first-order valence-electron chi connectivity index (χ1n) is 21.2. The second-order valence-electron chi connectivity index (χ2n) is 16.5. The molecular formula is C56H37N5O. The summed E-state index contributed by atoms with van der Waals surface area (Å²) in [7, 11) is 0. The van der Waals surface area contributed by atoms with Crippen LogP contribution in [0.4, 0.5) is 0 Å². The molecule has 12 aromatic rings. The van der Waals surface area contributed by atoms with Crippen LogP contribution in [0.15, 0.2) is 193 Å². The summed E-state index contributed by atoms with van der Waals surface area (Å²) < 4.78 is 11.4. The Morgan fingerprint density at radius 1 is 0.500 bits per heavy atom. The largest absolute Gasteiger partial charge is 0.455 e. The predicted octanol–water partition coefficient (Wildman–Crippen LogP) is 14.4. The number of rotatable bonds is 5. The standard InChI is InChI=1S/C56H37N5O/c1-34-13-12-16-37(29-34)35-25-27-36(28-26-35)54-57-55(59-56(58-54)61-49-22-9-4-17-41(49)42-18-5-10-23-50(42)61)47-33-40(32-46-44-20-7-11-24-52(44)62-53(46)47)60-48-21-8-6-19-43(48)45-30-38-14-2-3-15-39(38)31-51(45)60/h2-12,14-34H,13H2,1H3. The zero-order valence-corrected chi connectivity index (χ0v) is 33.8. The smallest absolute Gasteiger partial charge is 0.238 e. The van der Waals surface area contributed by atoms with Crippen LogP contribution < -0.4 is 0 Å². The van der Waals surface area contributed by atoms with Gasteiger partial charge in [-0.25, -0.2) is 4.98 Å². The van der Waals surface area contributed by atoms with Crippen molar-refractivity contribution in [1.82, 2.24) is 24.1 Å². The molecule has 8 aromatic carbocycles.